The van der Waals surface area contributed by atoms with Gasteiger partial charge >= 0.3 is 0 Å². The van der Waals surface area contributed by atoms with Crippen LogP contribution in [0.1, 0.15) is 51.5 Å². The molecule has 8 nitrogen and oxygen atoms in total. The molecule has 0 spiro atoms. The van der Waals surface area contributed by atoms with Crippen LogP contribution in [0.4, 0.5) is 21.8 Å². The number of fused-ring (bicyclic) bond motifs is 1. The summed E-state index contributed by atoms with van der Waals surface area (Å²) >= 11 is 0. The summed E-state index contributed by atoms with van der Waals surface area (Å²) in [5.41, 5.74) is 1.11. The average molecular weight is 467 g/mol. The largest absolute Gasteiger partial charge is 0.487 e. The highest BCUT2D eigenvalue weighted by Crippen LogP contribution is 2.38. The van der Waals surface area contributed by atoms with Crippen molar-refractivity contribution in [3.63, 3.8) is 0 Å². The molecule has 2 aromatic rings. The van der Waals surface area contributed by atoms with E-state index in [1.807, 2.05) is 0 Å². The van der Waals surface area contributed by atoms with Gasteiger partial charge < -0.3 is 20.1 Å². The van der Waals surface area contributed by atoms with E-state index in [2.05, 4.69) is 45.4 Å². The number of rotatable bonds is 6. The highest BCUT2D eigenvalue weighted by atomic mass is 19.1. The predicted octanol–water partition coefficient (Wildman–Crippen LogP) is 4.22. The summed E-state index contributed by atoms with van der Waals surface area (Å²) in [5.74, 6) is 0.513. The molecule has 4 heterocycles. The zero-order chi connectivity index (χ0) is 23.7. The van der Waals surface area contributed by atoms with Crippen molar-refractivity contribution in [2.24, 2.45) is 0 Å². The fourth-order valence-electron chi connectivity index (χ4n) is 5.55. The fraction of sp³-hybridized carbons (Fsp3) is 0.560. The van der Waals surface area contributed by atoms with E-state index < -0.39 is 5.82 Å². The Hall–Kier alpha value is -2.96. The first kappa shape index (κ1) is 22.8. The molecule has 0 amide bonds. The highest BCUT2D eigenvalue weighted by Gasteiger charge is 2.43. The van der Waals surface area contributed by atoms with Crippen LogP contribution in [0.2, 0.25) is 0 Å². The third kappa shape index (κ3) is 4.79. The summed E-state index contributed by atoms with van der Waals surface area (Å²) in [7, 11) is 0. The first-order chi connectivity index (χ1) is 16.4. The number of benzene rings is 1. The highest BCUT2D eigenvalue weighted by molar-refractivity contribution is 5.61. The van der Waals surface area contributed by atoms with E-state index in [4.69, 9.17) is 9.47 Å². The molecule has 0 aliphatic carbocycles. The van der Waals surface area contributed by atoms with Crippen LogP contribution in [0.5, 0.6) is 5.75 Å². The molecule has 5 rings (SSSR count). The zero-order valence-electron chi connectivity index (χ0n) is 19.7. The second-order valence-corrected chi connectivity index (χ2v) is 10.0. The second kappa shape index (κ2) is 9.35. The minimum absolute atomic E-state index is 0.0407. The van der Waals surface area contributed by atoms with Gasteiger partial charge in [0, 0.05) is 29.7 Å². The van der Waals surface area contributed by atoms with Gasteiger partial charge in [0.2, 0.25) is 5.95 Å². The van der Waals surface area contributed by atoms with Gasteiger partial charge in [0.15, 0.2) is 11.6 Å². The smallest absolute Gasteiger partial charge is 0.229 e. The van der Waals surface area contributed by atoms with Gasteiger partial charge in [-0.3, -0.25) is 4.90 Å². The van der Waals surface area contributed by atoms with Gasteiger partial charge in [-0.1, -0.05) is 0 Å². The van der Waals surface area contributed by atoms with E-state index in [-0.39, 0.29) is 29.5 Å². The molecular formula is C25H31FN6O2. The Morgan fingerprint density at radius 2 is 2.21 bits per heavy atom. The van der Waals surface area contributed by atoms with Crippen molar-refractivity contribution in [3.05, 3.63) is 35.8 Å². The fourth-order valence-corrected chi connectivity index (χ4v) is 5.55. The van der Waals surface area contributed by atoms with E-state index in [1.165, 1.54) is 19.0 Å². The Bertz CT molecular complexity index is 1080. The minimum Gasteiger partial charge on any atom is -0.487 e. The summed E-state index contributed by atoms with van der Waals surface area (Å²) in [4.78, 5) is 11.1. The summed E-state index contributed by atoms with van der Waals surface area (Å²) in [6.45, 7) is 6.87. The molecule has 180 valence electrons. The quantitative estimate of drug-likeness (QED) is 0.654. The zero-order valence-corrected chi connectivity index (χ0v) is 19.7. The van der Waals surface area contributed by atoms with Crippen molar-refractivity contribution in [2.45, 2.75) is 69.7 Å². The summed E-state index contributed by atoms with van der Waals surface area (Å²) in [6, 6.07) is 8.08. The molecule has 2 N–H and O–H groups in total. The lowest BCUT2D eigenvalue weighted by molar-refractivity contribution is 0.0500. The monoisotopic (exact) mass is 466 g/mol. The summed E-state index contributed by atoms with van der Waals surface area (Å²) in [5, 5.41) is 16.0. The molecule has 1 aromatic carbocycles. The van der Waals surface area contributed by atoms with Gasteiger partial charge in [-0.05, 0) is 64.3 Å². The number of hydrogen-bond donors (Lipinski definition) is 2. The number of nitrogens with zero attached hydrogens (tertiary/aromatic N) is 4. The van der Waals surface area contributed by atoms with Crippen LogP contribution in [-0.4, -0.2) is 58.4 Å². The molecule has 3 fully saturated rings. The minimum atomic E-state index is -0.475. The van der Waals surface area contributed by atoms with Crippen molar-refractivity contribution < 1.29 is 13.9 Å². The van der Waals surface area contributed by atoms with Crippen LogP contribution in [0.3, 0.4) is 0 Å². The van der Waals surface area contributed by atoms with Gasteiger partial charge in [-0.15, -0.1) is 0 Å². The molecule has 0 bridgehead atoms. The molecule has 9 heteroatoms. The van der Waals surface area contributed by atoms with Gasteiger partial charge in [0.05, 0.1) is 25.0 Å². The van der Waals surface area contributed by atoms with Gasteiger partial charge in [0.25, 0.3) is 0 Å². The Kier molecular flexibility index (Phi) is 6.28. The molecular weight excluding hydrogens is 435 g/mol. The van der Waals surface area contributed by atoms with Crippen molar-refractivity contribution in [1.82, 2.24) is 14.9 Å². The predicted molar refractivity (Wildman–Crippen MR) is 127 cm³/mol. The lowest BCUT2D eigenvalue weighted by Gasteiger charge is -2.47. The maximum atomic E-state index is 14.6. The number of hydrogen-bond acceptors (Lipinski definition) is 8. The summed E-state index contributed by atoms with van der Waals surface area (Å²) < 4.78 is 25.8. The van der Waals surface area contributed by atoms with E-state index in [0.29, 0.717) is 36.3 Å². The SMILES string of the molecule is CC1(C)C[C@@H](Nc2nc(Nc3ccc(O[C@H]4CCOC4)c(C#N)c3)ncc2F)C[C@@H]2CCCN21. The van der Waals surface area contributed by atoms with Gasteiger partial charge in [0.1, 0.15) is 17.9 Å². The van der Waals surface area contributed by atoms with E-state index in [9.17, 15) is 9.65 Å². The number of halogens is 1. The van der Waals surface area contributed by atoms with Gasteiger partial charge in [-0.2, -0.15) is 10.2 Å². The molecule has 3 aliphatic rings. The maximum Gasteiger partial charge on any atom is 0.229 e. The molecule has 0 unspecified atom stereocenters. The topological polar surface area (TPSA) is 95.3 Å². The number of nitrogens with one attached hydrogen (secondary N) is 2. The van der Waals surface area contributed by atoms with Crippen LogP contribution in [0, 0.1) is 17.1 Å². The van der Waals surface area contributed by atoms with Crippen molar-refractivity contribution in [1.29, 1.82) is 5.26 Å². The number of anilines is 3. The molecule has 3 saturated heterocycles. The Morgan fingerprint density at radius 3 is 3.00 bits per heavy atom. The lowest BCUT2D eigenvalue weighted by Crippen LogP contribution is -2.55. The number of nitriles is 1. The Morgan fingerprint density at radius 1 is 1.32 bits per heavy atom. The van der Waals surface area contributed by atoms with Crippen molar-refractivity contribution in [2.75, 3.05) is 30.4 Å². The molecule has 1 aromatic heterocycles. The van der Waals surface area contributed by atoms with E-state index in [0.717, 1.165) is 25.8 Å². The summed E-state index contributed by atoms with van der Waals surface area (Å²) in [6.07, 6.45) is 6.26. The van der Waals surface area contributed by atoms with Crippen LogP contribution in [0.15, 0.2) is 24.4 Å². The normalized spacial score (nSPS) is 26.0. The number of aromatic nitrogens is 2. The molecule has 0 saturated carbocycles. The Balaban J connectivity index is 1.29. The van der Waals surface area contributed by atoms with E-state index >= 15 is 0 Å². The third-order valence-electron chi connectivity index (χ3n) is 7.08. The average Bonchev–Trinajstić information content (AvgIpc) is 3.49. The first-order valence-corrected chi connectivity index (χ1v) is 12.0. The van der Waals surface area contributed by atoms with Crippen LogP contribution >= 0.6 is 0 Å². The van der Waals surface area contributed by atoms with Crippen LogP contribution < -0.4 is 15.4 Å². The van der Waals surface area contributed by atoms with Crippen molar-refractivity contribution >= 4 is 17.5 Å². The molecule has 0 radical (unpaired) electrons. The van der Waals surface area contributed by atoms with Gasteiger partial charge in [-0.25, -0.2) is 9.37 Å². The van der Waals surface area contributed by atoms with Crippen molar-refractivity contribution in [3.8, 4) is 11.8 Å². The number of ether oxygens (including phenoxy) is 2. The standard InChI is InChI=1S/C25H31FN6O2/c1-25(2)12-18(11-19-4-3-8-32(19)25)29-23-21(26)14-28-24(31-23)30-17-5-6-22(16(10-17)13-27)34-20-7-9-33-15-20/h5-6,10,14,18-20H,3-4,7-9,11-12,15H2,1-2H3,(H2,28,29,30,31)/t18-,19-,20-/m0/s1. The molecule has 34 heavy (non-hydrogen) atoms. The Labute approximate surface area is 199 Å². The number of piperidine rings is 1. The second-order valence-electron chi connectivity index (χ2n) is 10.0. The molecule has 3 atom stereocenters. The lowest BCUT2D eigenvalue weighted by atomic mass is 9.84. The van der Waals surface area contributed by atoms with Crippen LogP contribution in [-0.2, 0) is 4.74 Å². The maximum absolute atomic E-state index is 14.6. The first-order valence-electron chi connectivity index (χ1n) is 12.0. The third-order valence-corrected chi connectivity index (χ3v) is 7.08. The van der Waals surface area contributed by atoms with E-state index in [1.54, 1.807) is 18.2 Å². The van der Waals surface area contributed by atoms with Crippen LogP contribution in [0.25, 0.3) is 0 Å². The molecule has 3 aliphatic heterocycles.